The number of nitro groups is 1. The maximum absolute atomic E-state index is 12.9. The van der Waals surface area contributed by atoms with E-state index in [0.29, 0.717) is 17.0 Å². The minimum Gasteiger partial charge on any atom is -0.448 e. The SMILES string of the molecule is CC(=O)CCC(S)OC(=O)C1=C(C)NC(C)=C([N+](=O)[O-])C1c1cccc(C)c1. The third kappa shape index (κ3) is 5.01. The summed E-state index contributed by atoms with van der Waals surface area (Å²) in [6.45, 7) is 6.63. The van der Waals surface area contributed by atoms with Crippen LogP contribution in [0.25, 0.3) is 0 Å². The second kappa shape index (κ2) is 9.05. The molecular formula is C20H24N2O5S. The maximum atomic E-state index is 12.9. The molecule has 1 aromatic rings. The molecule has 0 spiro atoms. The van der Waals surface area contributed by atoms with Crippen molar-refractivity contribution in [2.24, 2.45) is 0 Å². The number of hydrogen-bond donors (Lipinski definition) is 2. The zero-order chi connectivity index (χ0) is 21.0. The van der Waals surface area contributed by atoms with Crippen molar-refractivity contribution in [1.29, 1.82) is 0 Å². The third-order valence-corrected chi connectivity index (χ3v) is 4.87. The van der Waals surface area contributed by atoms with Gasteiger partial charge >= 0.3 is 5.97 Å². The van der Waals surface area contributed by atoms with Crippen molar-refractivity contribution in [3.05, 3.63) is 68.2 Å². The number of carbonyl (C=O) groups is 2. The molecule has 1 N–H and O–H groups in total. The zero-order valence-corrected chi connectivity index (χ0v) is 17.2. The van der Waals surface area contributed by atoms with Crippen LogP contribution >= 0.6 is 12.6 Å². The Kier molecular flexibility index (Phi) is 7.01. The number of rotatable bonds is 7. The number of allylic oxidation sites excluding steroid dienone is 3. The number of esters is 1. The van der Waals surface area contributed by atoms with E-state index in [9.17, 15) is 19.7 Å². The van der Waals surface area contributed by atoms with Crippen molar-refractivity contribution in [2.45, 2.75) is 51.9 Å². The molecule has 2 atom stereocenters. The summed E-state index contributed by atoms with van der Waals surface area (Å²) in [7, 11) is 0. The van der Waals surface area contributed by atoms with Crippen LogP contribution < -0.4 is 5.32 Å². The van der Waals surface area contributed by atoms with Crippen molar-refractivity contribution < 1.29 is 19.2 Å². The minimum absolute atomic E-state index is 0.0309. The quantitative estimate of drug-likeness (QED) is 0.237. The minimum atomic E-state index is -0.864. The lowest BCUT2D eigenvalue weighted by Crippen LogP contribution is -2.32. The van der Waals surface area contributed by atoms with Crippen LogP contribution in [0.1, 0.15) is 50.7 Å². The number of ether oxygens (including phenoxy) is 1. The molecule has 150 valence electrons. The smallest absolute Gasteiger partial charge is 0.338 e. The standard InChI is InChI=1S/C20H24N2O5S/c1-11-6-5-7-15(10-11)18-17(13(3)21-14(4)19(18)22(25)26)20(24)27-16(28)9-8-12(2)23/h5-7,10,16,18,21,28H,8-9H2,1-4H3. The molecule has 0 saturated heterocycles. The fraction of sp³-hybridized carbons (Fsp3) is 0.400. The lowest BCUT2D eigenvalue weighted by Gasteiger charge is -2.27. The first-order chi connectivity index (χ1) is 13.1. The molecule has 1 aliphatic rings. The van der Waals surface area contributed by atoms with E-state index in [-0.39, 0.29) is 29.9 Å². The Hall–Kier alpha value is -2.61. The van der Waals surface area contributed by atoms with Gasteiger partial charge in [0.2, 0.25) is 0 Å². The molecule has 0 aromatic heterocycles. The fourth-order valence-corrected chi connectivity index (χ4v) is 3.47. The molecule has 0 saturated carbocycles. The summed E-state index contributed by atoms with van der Waals surface area (Å²) in [4.78, 5) is 35.4. The molecule has 0 aliphatic carbocycles. The molecule has 1 aromatic carbocycles. The van der Waals surface area contributed by atoms with Crippen LogP contribution in [0.4, 0.5) is 0 Å². The number of benzene rings is 1. The lowest BCUT2D eigenvalue weighted by molar-refractivity contribution is -0.431. The molecular weight excluding hydrogens is 380 g/mol. The summed E-state index contributed by atoms with van der Waals surface area (Å²) in [6, 6.07) is 7.26. The molecule has 0 radical (unpaired) electrons. The largest absolute Gasteiger partial charge is 0.448 e. The summed E-state index contributed by atoms with van der Waals surface area (Å²) < 4.78 is 5.39. The van der Waals surface area contributed by atoms with E-state index in [1.54, 1.807) is 26.0 Å². The Labute approximate surface area is 169 Å². The van der Waals surface area contributed by atoms with Crippen LogP contribution in [-0.2, 0) is 14.3 Å². The third-order valence-electron chi connectivity index (χ3n) is 4.50. The number of thiol groups is 1. The average Bonchev–Trinajstić information content (AvgIpc) is 2.58. The summed E-state index contributed by atoms with van der Waals surface area (Å²) in [5.41, 5.74) is 1.73. The highest BCUT2D eigenvalue weighted by atomic mass is 32.1. The summed E-state index contributed by atoms with van der Waals surface area (Å²) >= 11 is 4.22. The molecule has 0 amide bonds. The van der Waals surface area contributed by atoms with Gasteiger partial charge < -0.3 is 14.8 Å². The van der Waals surface area contributed by atoms with Gasteiger partial charge in [0.05, 0.1) is 16.2 Å². The molecule has 2 unspecified atom stereocenters. The second-order valence-electron chi connectivity index (χ2n) is 6.88. The van der Waals surface area contributed by atoms with Crippen LogP contribution in [0.2, 0.25) is 0 Å². The van der Waals surface area contributed by atoms with Crippen molar-refractivity contribution in [3.8, 4) is 0 Å². The monoisotopic (exact) mass is 404 g/mol. The predicted octanol–water partition coefficient (Wildman–Crippen LogP) is 3.63. The summed E-state index contributed by atoms with van der Waals surface area (Å²) in [5, 5.41) is 14.7. The van der Waals surface area contributed by atoms with Gasteiger partial charge in [-0.15, -0.1) is 12.6 Å². The molecule has 7 nitrogen and oxygen atoms in total. The first kappa shape index (κ1) is 21.7. The van der Waals surface area contributed by atoms with Gasteiger partial charge in [0.25, 0.3) is 5.70 Å². The molecule has 0 bridgehead atoms. The molecule has 28 heavy (non-hydrogen) atoms. The summed E-state index contributed by atoms with van der Waals surface area (Å²) in [5.74, 6) is -1.58. The van der Waals surface area contributed by atoms with Gasteiger partial charge in [-0.05, 0) is 33.3 Å². The van der Waals surface area contributed by atoms with E-state index in [1.165, 1.54) is 6.92 Å². The maximum Gasteiger partial charge on any atom is 0.338 e. The lowest BCUT2D eigenvalue weighted by atomic mass is 9.83. The Balaban J connectivity index is 2.44. The first-order valence-corrected chi connectivity index (χ1v) is 9.41. The highest BCUT2D eigenvalue weighted by Crippen LogP contribution is 2.39. The van der Waals surface area contributed by atoms with Gasteiger partial charge in [0, 0.05) is 18.5 Å². The number of nitrogens with zero attached hydrogens (tertiary/aromatic N) is 1. The molecule has 2 rings (SSSR count). The Morgan fingerprint density at radius 2 is 1.96 bits per heavy atom. The van der Waals surface area contributed by atoms with Crippen LogP contribution in [0.15, 0.2) is 46.9 Å². The Morgan fingerprint density at radius 1 is 1.29 bits per heavy atom. The highest BCUT2D eigenvalue weighted by molar-refractivity contribution is 7.80. The first-order valence-electron chi connectivity index (χ1n) is 8.89. The van der Waals surface area contributed by atoms with Gasteiger partial charge in [-0.25, -0.2) is 4.79 Å². The van der Waals surface area contributed by atoms with E-state index in [0.717, 1.165) is 5.56 Å². The van der Waals surface area contributed by atoms with Gasteiger partial charge in [-0.3, -0.25) is 10.1 Å². The molecule has 8 heteroatoms. The van der Waals surface area contributed by atoms with Gasteiger partial charge in [0.15, 0.2) is 0 Å². The fourth-order valence-electron chi connectivity index (χ4n) is 3.24. The van der Waals surface area contributed by atoms with Gasteiger partial charge in [-0.1, -0.05) is 29.8 Å². The van der Waals surface area contributed by atoms with Crippen LogP contribution in [0.5, 0.6) is 0 Å². The van der Waals surface area contributed by atoms with E-state index in [1.807, 2.05) is 19.1 Å². The highest BCUT2D eigenvalue weighted by Gasteiger charge is 2.41. The summed E-state index contributed by atoms with van der Waals surface area (Å²) in [6.07, 6.45) is 0.508. The number of hydrogen-bond acceptors (Lipinski definition) is 7. The molecule has 1 aliphatic heterocycles. The average molecular weight is 404 g/mol. The van der Waals surface area contributed by atoms with Gasteiger partial charge in [-0.2, -0.15) is 0 Å². The van der Waals surface area contributed by atoms with E-state index < -0.39 is 22.2 Å². The number of Topliss-reactive ketones (excluding diaryl/α,β-unsaturated/α-hetero) is 1. The van der Waals surface area contributed by atoms with Crippen LogP contribution in [0.3, 0.4) is 0 Å². The Morgan fingerprint density at radius 3 is 2.54 bits per heavy atom. The van der Waals surface area contributed by atoms with Crippen LogP contribution in [0, 0.1) is 17.0 Å². The van der Waals surface area contributed by atoms with E-state index >= 15 is 0 Å². The topological polar surface area (TPSA) is 98.5 Å². The van der Waals surface area contributed by atoms with Crippen molar-refractivity contribution in [1.82, 2.24) is 5.32 Å². The van der Waals surface area contributed by atoms with Gasteiger partial charge in [0.1, 0.15) is 17.1 Å². The van der Waals surface area contributed by atoms with Crippen molar-refractivity contribution >= 4 is 24.4 Å². The number of aryl methyl sites for hydroxylation is 1. The normalized spacial score (nSPS) is 17.8. The van der Waals surface area contributed by atoms with Crippen LogP contribution in [-0.4, -0.2) is 22.1 Å². The zero-order valence-electron chi connectivity index (χ0n) is 16.3. The van der Waals surface area contributed by atoms with E-state index in [2.05, 4.69) is 17.9 Å². The van der Waals surface area contributed by atoms with Crippen molar-refractivity contribution in [2.75, 3.05) is 0 Å². The number of nitrogens with one attached hydrogen (secondary N) is 1. The second-order valence-corrected chi connectivity index (χ2v) is 7.45. The van der Waals surface area contributed by atoms with Crippen molar-refractivity contribution in [3.63, 3.8) is 0 Å². The number of carbonyl (C=O) groups excluding carboxylic acids is 2. The number of dihydropyridines is 1. The van der Waals surface area contributed by atoms with E-state index in [4.69, 9.17) is 4.74 Å². The Bertz CT molecular complexity index is 875. The predicted molar refractivity (Wildman–Crippen MR) is 108 cm³/mol. The number of ketones is 1. The molecule has 0 fully saturated rings. The molecule has 1 heterocycles.